The van der Waals surface area contributed by atoms with Crippen LogP contribution in [0, 0.1) is 0 Å². The molecule has 0 aliphatic carbocycles. The van der Waals surface area contributed by atoms with E-state index < -0.39 is 11.7 Å². The first-order chi connectivity index (χ1) is 12.0. The number of hydrogen-bond acceptors (Lipinski definition) is 3. The highest BCUT2D eigenvalue weighted by molar-refractivity contribution is 5.43. The Balaban J connectivity index is 2.08. The summed E-state index contributed by atoms with van der Waals surface area (Å²) in [5.74, 6) is 0.684. The predicted molar refractivity (Wildman–Crippen MR) is 90.7 cm³/mol. The van der Waals surface area contributed by atoms with E-state index in [1.807, 2.05) is 24.3 Å². The summed E-state index contributed by atoms with van der Waals surface area (Å²) in [7, 11) is 1.58. The quantitative estimate of drug-likeness (QED) is 0.910. The molecule has 1 N–H and O–H groups in total. The third-order valence-corrected chi connectivity index (χ3v) is 4.48. The lowest BCUT2D eigenvalue weighted by atomic mass is 9.94. The molecule has 0 radical (unpaired) electrons. The van der Waals surface area contributed by atoms with Crippen molar-refractivity contribution in [3.8, 4) is 5.75 Å². The number of rotatable bonds is 4. The summed E-state index contributed by atoms with van der Waals surface area (Å²) in [6.07, 6.45) is -4.36. The number of alkyl halides is 3. The molecule has 1 fully saturated rings. The summed E-state index contributed by atoms with van der Waals surface area (Å²) in [6.45, 7) is 3.15. The summed E-state index contributed by atoms with van der Waals surface area (Å²) in [5.41, 5.74) is 0.882. The highest BCUT2D eigenvalue weighted by atomic mass is 19.4. The van der Waals surface area contributed by atoms with E-state index >= 15 is 0 Å². The molecule has 3 rings (SSSR count). The molecule has 1 aliphatic rings. The van der Waals surface area contributed by atoms with Crippen molar-refractivity contribution in [3.63, 3.8) is 0 Å². The van der Waals surface area contributed by atoms with Gasteiger partial charge >= 0.3 is 6.18 Å². The Hall–Kier alpha value is -2.05. The van der Waals surface area contributed by atoms with Crippen molar-refractivity contribution in [2.24, 2.45) is 0 Å². The van der Waals surface area contributed by atoms with Crippen LogP contribution in [0.25, 0.3) is 0 Å². The summed E-state index contributed by atoms with van der Waals surface area (Å²) in [6, 6.07) is 12.8. The molecule has 134 valence electrons. The third kappa shape index (κ3) is 3.96. The molecule has 1 heterocycles. The van der Waals surface area contributed by atoms with Gasteiger partial charge in [0.05, 0.1) is 18.7 Å². The van der Waals surface area contributed by atoms with Crippen molar-refractivity contribution in [1.82, 2.24) is 10.2 Å². The molecular formula is C19H21F3N2O. The SMILES string of the molecule is COc1ccccc1C(c1cccc(C(F)(F)F)c1)N1CCNCC1. The van der Waals surface area contributed by atoms with Crippen LogP contribution in [0.1, 0.15) is 22.7 Å². The van der Waals surface area contributed by atoms with Gasteiger partial charge in [-0.25, -0.2) is 0 Å². The largest absolute Gasteiger partial charge is 0.496 e. The smallest absolute Gasteiger partial charge is 0.416 e. The molecule has 0 aromatic heterocycles. The fourth-order valence-corrected chi connectivity index (χ4v) is 3.30. The molecule has 1 saturated heterocycles. The average Bonchev–Trinajstić information content (AvgIpc) is 2.63. The van der Waals surface area contributed by atoms with Crippen molar-refractivity contribution in [3.05, 3.63) is 65.2 Å². The monoisotopic (exact) mass is 350 g/mol. The number of halogens is 3. The summed E-state index contributed by atoms with van der Waals surface area (Å²) in [5, 5.41) is 3.28. The highest BCUT2D eigenvalue weighted by Gasteiger charge is 2.32. The van der Waals surface area contributed by atoms with Gasteiger partial charge in [-0.05, 0) is 23.8 Å². The molecule has 25 heavy (non-hydrogen) atoms. The Morgan fingerprint density at radius 1 is 1.04 bits per heavy atom. The molecule has 6 heteroatoms. The molecule has 1 aliphatic heterocycles. The molecule has 0 saturated carbocycles. The summed E-state index contributed by atoms with van der Waals surface area (Å²) >= 11 is 0. The lowest BCUT2D eigenvalue weighted by Gasteiger charge is -2.36. The molecular weight excluding hydrogens is 329 g/mol. The third-order valence-electron chi connectivity index (χ3n) is 4.48. The fraction of sp³-hybridized carbons (Fsp3) is 0.368. The topological polar surface area (TPSA) is 24.5 Å². The van der Waals surface area contributed by atoms with Crippen LogP contribution in [0.15, 0.2) is 48.5 Å². The second-order valence-corrected chi connectivity index (χ2v) is 6.05. The van der Waals surface area contributed by atoms with E-state index in [4.69, 9.17) is 4.74 Å². The first-order valence-corrected chi connectivity index (χ1v) is 8.25. The van der Waals surface area contributed by atoms with Gasteiger partial charge in [0, 0.05) is 31.7 Å². The maximum Gasteiger partial charge on any atom is 0.416 e. The van der Waals surface area contributed by atoms with Crippen molar-refractivity contribution < 1.29 is 17.9 Å². The molecule has 0 bridgehead atoms. The lowest BCUT2D eigenvalue weighted by Crippen LogP contribution is -2.45. The Kier molecular flexibility index (Phi) is 5.30. The highest BCUT2D eigenvalue weighted by Crippen LogP contribution is 2.37. The number of benzene rings is 2. The van der Waals surface area contributed by atoms with Crippen LogP contribution in [0.4, 0.5) is 13.2 Å². The Bertz CT molecular complexity index is 712. The minimum atomic E-state index is -4.36. The first-order valence-electron chi connectivity index (χ1n) is 8.25. The lowest BCUT2D eigenvalue weighted by molar-refractivity contribution is -0.137. The predicted octanol–water partition coefficient (Wildman–Crippen LogP) is 3.71. The van der Waals surface area contributed by atoms with Crippen LogP contribution in [0.2, 0.25) is 0 Å². The molecule has 2 aromatic carbocycles. The van der Waals surface area contributed by atoms with E-state index in [9.17, 15) is 13.2 Å². The van der Waals surface area contributed by atoms with E-state index in [1.54, 1.807) is 13.2 Å². The van der Waals surface area contributed by atoms with Gasteiger partial charge in [0.25, 0.3) is 0 Å². The van der Waals surface area contributed by atoms with Gasteiger partial charge in [-0.3, -0.25) is 4.90 Å². The number of nitrogens with one attached hydrogen (secondary N) is 1. The van der Waals surface area contributed by atoms with Crippen LogP contribution in [0.3, 0.4) is 0 Å². The van der Waals surface area contributed by atoms with E-state index in [0.717, 1.165) is 37.8 Å². The van der Waals surface area contributed by atoms with Crippen LogP contribution in [-0.2, 0) is 6.18 Å². The second-order valence-electron chi connectivity index (χ2n) is 6.05. The second kappa shape index (κ2) is 7.45. The summed E-state index contributed by atoms with van der Waals surface area (Å²) < 4.78 is 45.0. The van der Waals surface area contributed by atoms with Gasteiger partial charge in [0.2, 0.25) is 0 Å². The molecule has 3 nitrogen and oxygen atoms in total. The van der Waals surface area contributed by atoms with E-state index in [2.05, 4.69) is 10.2 Å². The van der Waals surface area contributed by atoms with Crippen LogP contribution in [-0.4, -0.2) is 38.2 Å². The van der Waals surface area contributed by atoms with Gasteiger partial charge in [-0.2, -0.15) is 13.2 Å². The Labute approximate surface area is 145 Å². The normalized spacial score (nSPS) is 17.3. The van der Waals surface area contributed by atoms with Crippen molar-refractivity contribution >= 4 is 0 Å². The average molecular weight is 350 g/mol. The van der Waals surface area contributed by atoms with Gasteiger partial charge in [-0.15, -0.1) is 0 Å². The van der Waals surface area contributed by atoms with E-state index in [1.165, 1.54) is 12.1 Å². The number of piperazine rings is 1. The van der Waals surface area contributed by atoms with Crippen molar-refractivity contribution in [1.29, 1.82) is 0 Å². The fourth-order valence-electron chi connectivity index (χ4n) is 3.30. The minimum Gasteiger partial charge on any atom is -0.496 e. The van der Waals surface area contributed by atoms with Crippen molar-refractivity contribution in [2.45, 2.75) is 12.2 Å². The number of para-hydroxylation sites is 1. The first kappa shape index (κ1) is 17.8. The maximum absolute atomic E-state index is 13.2. The van der Waals surface area contributed by atoms with Gasteiger partial charge in [0.15, 0.2) is 0 Å². The number of ether oxygens (including phenoxy) is 1. The van der Waals surface area contributed by atoms with Crippen molar-refractivity contribution in [2.75, 3.05) is 33.3 Å². The van der Waals surface area contributed by atoms with Crippen LogP contribution in [0.5, 0.6) is 5.75 Å². The molecule has 0 spiro atoms. The van der Waals surface area contributed by atoms with Gasteiger partial charge in [-0.1, -0.05) is 30.3 Å². The standard InChI is InChI=1S/C19H21F3N2O/c1-25-17-8-3-2-7-16(17)18(24-11-9-23-10-12-24)14-5-4-6-15(13-14)19(20,21)22/h2-8,13,18,23H,9-12H2,1H3. The molecule has 1 atom stereocenters. The molecule has 1 unspecified atom stereocenters. The Morgan fingerprint density at radius 2 is 1.76 bits per heavy atom. The zero-order valence-electron chi connectivity index (χ0n) is 14.0. The number of hydrogen-bond donors (Lipinski definition) is 1. The van der Waals surface area contributed by atoms with Gasteiger partial charge < -0.3 is 10.1 Å². The minimum absolute atomic E-state index is 0.277. The molecule has 2 aromatic rings. The number of nitrogens with zero attached hydrogens (tertiary/aromatic N) is 1. The summed E-state index contributed by atoms with van der Waals surface area (Å²) in [4.78, 5) is 2.20. The molecule has 0 amide bonds. The zero-order chi connectivity index (χ0) is 17.9. The van der Waals surface area contributed by atoms with Crippen LogP contribution >= 0.6 is 0 Å². The zero-order valence-corrected chi connectivity index (χ0v) is 14.0. The van der Waals surface area contributed by atoms with Gasteiger partial charge in [0.1, 0.15) is 5.75 Å². The maximum atomic E-state index is 13.2. The Morgan fingerprint density at radius 3 is 2.44 bits per heavy atom. The van der Waals surface area contributed by atoms with Crippen LogP contribution < -0.4 is 10.1 Å². The van der Waals surface area contributed by atoms with E-state index in [0.29, 0.717) is 11.3 Å². The number of methoxy groups -OCH3 is 1. The van der Waals surface area contributed by atoms with E-state index in [-0.39, 0.29) is 6.04 Å².